The van der Waals surface area contributed by atoms with Gasteiger partial charge < -0.3 is 5.73 Å². The first-order chi connectivity index (χ1) is 9.88. The van der Waals surface area contributed by atoms with E-state index in [1.807, 2.05) is 12.1 Å². The van der Waals surface area contributed by atoms with Crippen LogP contribution in [0.4, 0.5) is 5.69 Å². The molecule has 21 heavy (non-hydrogen) atoms. The third-order valence-corrected chi connectivity index (χ3v) is 4.97. The largest absolute Gasteiger partial charge is 0.399 e. The van der Waals surface area contributed by atoms with Crippen LogP contribution in [0.3, 0.4) is 0 Å². The van der Waals surface area contributed by atoms with Crippen molar-refractivity contribution in [1.82, 2.24) is 4.72 Å². The Morgan fingerprint density at radius 3 is 2.43 bits per heavy atom. The van der Waals surface area contributed by atoms with Crippen molar-refractivity contribution in [3.63, 3.8) is 0 Å². The maximum atomic E-state index is 12.2. The second-order valence-corrected chi connectivity index (χ2v) is 6.97. The van der Waals surface area contributed by atoms with Gasteiger partial charge in [0.15, 0.2) is 0 Å². The number of benzene rings is 2. The van der Waals surface area contributed by atoms with Crippen LogP contribution in [0.15, 0.2) is 47.4 Å². The number of rotatable bonds is 5. The van der Waals surface area contributed by atoms with E-state index in [1.54, 1.807) is 31.2 Å². The summed E-state index contributed by atoms with van der Waals surface area (Å²) >= 11 is 5.84. The van der Waals surface area contributed by atoms with Crippen LogP contribution >= 0.6 is 11.6 Å². The Morgan fingerprint density at radius 2 is 1.81 bits per heavy atom. The van der Waals surface area contributed by atoms with Gasteiger partial charge in [-0.05, 0) is 54.8 Å². The molecule has 2 rings (SSSR count). The minimum atomic E-state index is -3.52. The minimum absolute atomic E-state index is 0.254. The summed E-state index contributed by atoms with van der Waals surface area (Å²) in [5.41, 5.74) is 7.95. The van der Waals surface area contributed by atoms with Gasteiger partial charge in [0.2, 0.25) is 10.0 Å². The summed E-state index contributed by atoms with van der Waals surface area (Å²) in [6.07, 6.45) is 0.603. The van der Waals surface area contributed by atoms with Crippen LogP contribution < -0.4 is 10.5 Å². The third kappa shape index (κ3) is 4.20. The normalized spacial score (nSPS) is 11.5. The first kappa shape index (κ1) is 15.8. The quantitative estimate of drug-likeness (QED) is 0.831. The maximum absolute atomic E-state index is 12.2. The highest BCUT2D eigenvalue weighted by Gasteiger charge is 2.16. The van der Waals surface area contributed by atoms with Crippen molar-refractivity contribution in [2.24, 2.45) is 0 Å². The van der Waals surface area contributed by atoms with Crippen molar-refractivity contribution < 1.29 is 8.42 Å². The monoisotopic (exact) mass is 324 g/mol. The molecule has 0 amide bonds. The predicted octanol–water partition coefficient (Wildman–Crippen LogP) is 2.75. The molecule has 0 unspecified atom stereocenters. The van der Waals surface area contributed by atoms with Crippen molar-refractivity contribution in [1.29, 1.82) is 0 Å². The van der Waals surface area contributed by atoms with Gasteiger partial charge in [0.05, 0.1) is 4.90 Å². The molecule has 0 radical (unpaired) electrons. The highest BCUT2D eigenvalue weighted by Crippen LogP contribution is 2.19. The van der Waals surface area contributed by atoms with Crippen LogP contribution in [-0.4, -0.2) is 15.0 Å². The number of nitrogens with one attached hydrogen (secondary N) is 1. The average Bonchev–Trinajstić information content (AvgIpc) is 2.40. The van der Waals surface area contributed by atoms with E-state index in [0.717, 1.165) is 5.56 Å². The standard InChI is InChI=1S/C15H17ClN2O2S/c1-11-10-13(16)4-7-15(11)21(19,20)18-9-8-12-2-5-14(17)6-3-12/h2-7,10,18H,8-9,17H2,1H3. The molecule has 2 aromatic rings. The van der Waals surface area contributed by atoms with E-state index >= 15 is 0 Å². The fourth-order valence-electron chi connectivity index (χ4n) is 2.01. The number of halogens is 1. The summed E-state index contributed by atoms with van der Waals surface area (Å²) in [4.78, 5) is 0.254. The van der Waals surface area contributed by atoms with Gasteiger partial charge in [-0.3, -0.25) is 0 Å². The summed E-state index contributed by atoms with van der Waals surface area (Å²) in [5, 5.41) is 0.522. The number of hydrogen-bond donors (Lipinski definition) is 2. The Bertz CT molecular complexity index is 728. The highest BCUT2D eigenvalue weighted by molar-refractivity contribution is 7.89. The van der Waals surface area contributed by atoms with E-state index in [4.69, 9.17) is 17.3 Å². The summed E-state index contributed by atoms with van der Waals surface area (Å²) in [5.74, 6) is 0. The first-order valence-corrected chi connectivity index (χ1v) is 8.35. The zero-order valence-corrected chi connectivity index (χ0v) is 13.2. The SMILES string of the molecule is Cc1cc(Cl)ccc1S(=O)(=O)NCCc1ccc(N)cc1. The lowest BCUT2D eigenvalue weighted by Gasteiger charge is -2.09. The van der Waals surface area contributed by atoms with E-state index in [-0.39, 0.29) is 4.90 Å². The van der Waals surface area contributed by atoms with Crippen molar-refractivity contribution in [2.75, 3.05) is 12.3 Å². The van der Waals surface area contributed by atoms with Crippen LogP contribution in [-0.2, 0) is 16.4 Å². The molecule has 4 nitrogen and oxygen atoms in total. The van der Waals surface area contributed by atoms with E-state index < -0.39 is 10.0 Å². The molecule has 0 heterocycles. The van der Waals surface area contributed by atoms with E-state index in [9.17, 15) is 8.42 Å². The van der Waals surface area contributed by atoms with Gasteiger partial charge in [-0.1, -0.05) is 23.7 Å². The lowest BCUT2D eigenvalue weighted by Crippen LogP contribution is -2.26. The molecule has 0 aliphatic carbocycles. The van der Waals surface area contributed by atoms with Crippen LogP contribution in [0.25, 0.3) is 0 Å². The fourth-order valence-corrected chi connectivity index (χ4v) is 3.49. The van der Waals surface area contributed by atoms with E-state index in [0.29, 0.717) is 29.2 Å². The maximum Gasteiger partial charge on any atom is 0.240 e. The molecule has 0 aromatic heterocycles. The lowest BCUT2D eigenvalue weighted by molar-refractivity contribution is 0.581. The lowest BCUT2D eigenvalue weighted by atomic mass is 10.1. The van der Waals surface area contributed by atoms with Gasteiger partial charge in [0.1, 0.15) is 0 Å². The van der Waals surface area contributed by atoms with Gasteiger partial charge in [-0.25, -0.2) is 13.1 Å². The molecule has 0 atom stereocenters. The number of anilines is 1. The zero-order valence-electron chi connectivity index (χ0n) is 11.6. The zero-order chi connectivity index (χ0) is 15.5. The van der Waals surface area contributed by atoms with Crippen LogP contribution in [0.2, 0.25) is 5.02 Å². The Labute approximate surface area is 130 Å². The number of nitrogen functional groups attached to an aromatic ring is 1. The molecule has 2 aromatic carbocycles. The third-order valence-electron chi connectivity index (χ3n) is 3.11. The van der Waals surface area contributed by atoms with Crippen LogP contribution in [0.5, 0.6) is 0 Å². The van der Waals surface area contributed by atoms with Crippen LogP contribution in [0.1, 0.15) is 11.1 Å². The summed E-state index contributed by atoms with van der Waals surface area (Å²) < 4.78 is 27.1. The molecule has 6 heteroatoms. The topological polar surface area (TPSA) is 72.2 Å². The number of nitrogens with two attached hydrogens (primary N) is 1. The summed E-state index contributed by atoms with van der Waals surface area (Å²) in [6, 6.07) is 12.1. The molecule has 0 spiro atoms. The fraction of sp³-hybridized carbons (Fsp3) is 0.200. The van der Waals surface area contributed by atoms with E-state index in [2.05, 4.69) is 4.72 Å². The second kappa shape index (κ2) is 6.47. The second-order valence-electron chi connectivity index (χ2n) is 4.80. The predicted molar refractivity (Wildman–Crippen MR) is 85.9 cm³/mol. The molecule has 0 fully saturated rings. The van der Waals surface area contributed by atoms with Gasteiger partial charge in [-0.15, -0.1) is 0 Å². The number of sulfonamides is 1. The Hall–Kier alpha value is -1.56. The van der Waals surface area contributed by atoms with Crippen molar-refractivity contribution >= 4 is 27.3 Å². The van der Waals surface area contributed by atoms with Crippen LogP contribution in [0, 0.1) is 6.92 Å². The van der Waals surface area contributed by atoms with Crippen molar-refractivity contribution in [3.05, 3.63) is 58.6 Å². The Balaban J connectivity index is 2.03. The van der Waals surface area contributed by atoms with E-state index in [1.165, 1.54) is 6.07 Å². The number of aryl methyl sites for hydroxylation is 1. The van der Waals surface area contributed by atoms with Gasteiger partial charge in [0, 0.05) is 17.3 Å². The van der Waals surface area contributed by atoms with Gasteiger partial charge in [-0.2, -0.15) is 0 Å². The molecular formula is C15H17ClN2O2S. The Kier molecular flexibility index (Phi) is 4.88. The van der Waals surface area contributed by atoms with Gasteiger partial charge >= 0.3 is 0 Å². The molecular weight excluding hydrogens is 308 g/mol. The molecule has 112 valence electrons. The average molecular weight is 325 g/mol. The molecule has 0 aliphatic rings. The molecule has 3 N–H and O–H groups in total. The Morgan fingerprint density at radius 1 is 1.14 bits per heavy atom. The molecule has 0 saturated carbocycles. The van der Waals surface area contributed by atoms with Crippen molar-refractivity contribution in [2.45, 2.75) is 18.2 Å². The van der Waals surface area contributed by atoms with Crippen molar-refractivity contribution in [3.8, 4) is 0 Å². The molecule has 0 aliphatic heterocycles. The first-order valence-electron chi connectivity index (χ1n) is 6.49. The smallest absolute Gasteiger partial charge is 0.240 e. The van der Waals surface area contributed by atoms with Gasteiger partial charge in [0.25, 0.3) is 0 Å². The number of hydrogen-bond acceptors (Lipinski definition) is 3. The molecule has 0 bridgehead atoms. The molecule has 0 saturated heterocycles. The highest BCUT2D eigenvalue weighted by atomic mass is 35.5. The summed E-state index contributed by atoms with van der Waals surface area (Å²) in [7, 11) is -3.52. The minimum Gasteiger partial charge on any atom is -0.399 e. The summed E-state index contributed by atoms with van der Waals surface area (Å²) in [6.45, 7) is 2.05.